The molecular formula is C49H69N3O13. The second-order valence-corrected chi connectivity index (χ2v) is 19.4. The van der Waals surface area contributed by atoms with Gasteiger partial charge in [0.1, 0.15) is 29.8 Å². The molecule has 0 spiro atoms. The Hall–Kier alpha value is -4.50. The maximum absolute atomic E-state index is 13.6. The van der Waals surface area contributed by atoms with Crippen LogP contribution in [0.15, 0.2) is 38.6 Å². The highest BCUT2D eigenvalue weighted by molar-refractivity contribution is 5.91. The average Bonchev–Trinajstić information content (AvgIpc) is 3.63. The molecule has 0 radical (unpaired) electrons. The lowest BCUT2D eigenvalue weighted by molar-refractivity contribution is -0.169. The molecule has 1 unspecified atom stereocenters. The number of esters is 2. The standard InChI is InChI=1S/C49H69N3O13/c1-31(5-12-45(56)63-24-23-62-22-21-61-20-19-60-18-17-51-52-50)40-10-11-41-39-8-6-34-29-37(13-15-48(34,2)42(39)14-16-49(40,41)3)64-47(58)33(27-44(54)55)26-35(53)25-32-28-46(57)65-43-30-36(59-4)7-9-38(32)43/h7,9,28,30-31,33-34,37,39-42H,5-6,8,10-27,29H2,1-4H3,(H,54,55)/t31-,33+,34-,37-,39+,40?,41+,42+,48+,49-/m1/s1. The van der Waals surface area contributed by atoms with Crippen molar-refractivity contribution < 1.29 is 57.1 Å². The first-order valence-corrected chi connectivity index (χ1v) is 23.7. The summed E-state index contributed by atoms with van der Waals surface area (Å²) in [5.74, 6) is 0.232. The first-order valence-electron chi connectivity index (χ1n) is 23.7. The van der Waals surface area contributed by atoms with Crippen molar-refractivity contribution in [2.75, 3.05) is 59.9 Å². The Labute approximate surface area is 381 Å². The van der Waals surface area contributed by atoms with Crippen LogP contribution in [-0.4, -0.2) is 94.8 Å². The van der Waals surface area contributed by atoms with Crippen molar-refractivity contribution in [2.45, 2.75) is 117 Å². The number of carbonyl (C=O) groups is 4. The Bertz CT molecular complexity index is 2070. The fourth-order valence-corrected chi connectivity index (χ4v) is 12.6. The number of ketones is 1. The van der Waals surface area contributed by atoms with E-state index in [-0.39, 0.29) is 53.7 Å². The summed E-state index contributed by atoms with van der Waals surface area (Å²) in [6, 6.07) is 6.23. The van der Waals surface area contributed by atoms with Crippen molar-refractivity contribution in [3.8, 4) is 5.75 Å². The van der Waals surface area contributed by atoms with Gasteiger partial charge in [0.25, 0.3) is 0 Å². The molecule has 10 atom stereocenters. The van der Waals surface area contributed by atoms with Gasteiger partial charge in [0.2, 0.25) is 0 Å². The molecule has 0 bridgehead atoms. The van der Waals surface area contributed by atoms with Crippen LogP contribution in [0.1, 0.15) is 110 Å². The lowest BCUT2D eigenvalue weighted by Gasteiger charge is -2.61. The molecule has 4 saturated carbocycles. The van der Waals surface area contributed by atoms with Crippen LogP contribution in [0.5, 0.6) is 5.75 Å². The van der Waals surface area contributed by atoms with Crippen molar-refractivity contribution in [2.24, 2.45) is 57.4 Å². The minimum atomic E-state index is -1.18. The van der Waals surface area contributed by atoms with Crippen LogP contribution in [-0.2, 0) is 49.3 Å². The number of carboxylic acids is 1. The number of benzene rings is 1. The summed E-state index contributed by atoms with van der Waals surface area (Å²) in [5, 5.41) is 13.7. The average molecular weight is 908 g/mol. The molecule has 16 heteroatoms. The predicted octanol–water partition coefficient (Wildman–Crippen LogP) is 8.28. The summed E-state index contributed by atoms with van der Waals surface area (Å²) in [4.78, 5) is 66.6. The van der Waals surface area contributed by atoms with Crippen LogP contribution in [0.2, 0.25) is 0 Å². The van der Waals surface area contributed by atoms with E-state index in [0.717, 1.165) is 32.1 Å². The van der Waals surface area contributed by atoms with Crippen molar-refractivity contribution in [3.05, 3.63) is 50.7 Å². The molecule has 4 aliphatic rings. The molecule has 6 rings (SSSR count). The number of azide groups is 1. The van der Waals surface area contributed by atoms with Crippen LogP contribution < -0.4 is 10.4 Å². The minimum absolute atomic E-state index is 0.132. The molecule has 0 saturated heterocycles. The van der Waals surface area contributed by atoms with Crippen molar-refractivity contribution in [1.29, 1.82) is 0 Å². The maximum Gasteiger partial charge on any atom is 0.336 e. The quantitative estimate of drug-likeness (QED) is 0.0248. The molecule has 4 aliphatic carbocycles. The highest BCUT2D eigenvalue weighted by Gasteiger charge is 2.60. The molecule has 4 fully saturated rings. The third kappa shape index (κ3) is 12.7. The van der Waals surface area contributed by atoms with Gasteiger partial charge >= 0.3 is 23.5 Å². The zero-order valence-electron chi connectivity index (χ0n) is 38.7. The van der Waals surface area contributed by atoms with Gasteiger partial charge in [-0.2, -0.15) is 0 Å². The van der Waals surface area contributed by atoms with Crippen LogP contribution in [0.4, 0.5) is 0 Å². The van der Waals surface area contributed by atoms with Gasteiger partial charge in [-0.1, -0.05) is 25.9 Å². The molecule has 358 valence electrons. The molecule has 16 nitrogen and oxygen atoms in total. The molecule has 2 aromatic rings. The van der Waals surface area contributed by atoms with Crippen molar-refractivity contribution in [1.82, 2.24) is 0 Å². The fourth-order valence-electron chi connectivity index (χ4n) is 12.6. The van der Waals surface area contributed by atoms with Gasteiger partial charge in [0.05, 0.1) is 59.1 Å². The topological polar surface area (TPSA) is 223 Å². The third-order valence-corrected chi connectivity index (χ3v) is 15.8. The first kappa shape index (κ1) is 49.9. The first-order chi connectivity index (χ1) is 31.2. The van der Waals surface area contributed by atoms with Gasteiger partial charge in [0.15, 0.2) is 0 Å². The summed E-state index contributed by atoms with van der Waals surface area (Å²) in [5.41, 5.74) is 8.71. The second-order valence-electron chi connectivity index (χ2n) is 19.4. The van der Waals surface area contributed by atoms with E-state index in [0.29, 0.717) is 111 Å². The number of fused-ring (bicyclic) bond motifs is 6. The largest absolute Gasteiger partial charge is 0.497 e. The molecular weight excluding hydrogens is 839 g/mol. The van der Waals surface area contributed by atoms with Crippen LogP contribution >= 0.6 is 0 Å². The van der Waals surface area contributed by atoms with E-state index in [1.165, 1.54) is 38.9 Å². The van der Waals surface area contributed by atoms with Crippen molar-refractivity contribution >= 4 is 34.7 Å². The van der Waals surface area contributed by atoms with Gasteiger partial charge in [-0.3, -0.25) is 19.2 Å². The van der Waals surface area contributed by atoms with E-state index < -0.39 is 29.9 Å². The number of methoxy groups -OCH3 is 1. The summed E-state index contributed by atoms with van der Waals surface area (Å²) < 4.78 is 38.4. The van der Waals surface area contributed by atoms with Crippen LogP contribution in [0.25, 0.3) is 21.4 Å². The Morgan fingerprint density at radius 3 is 2.32 bits per heavy atom. The molecule has 0 amide bonds. The number of hydrogen-bond donors (Lipinski definition) is 1. The zero-order chi connectivity index (χ0) is 46.6. The zero-order valence-corrected chi connectivity index (χ0v) is 38.7. The number of carbonyl (C=O) groups excluding carboxylic acids is 3. The number of nitrogens with zero attached hydrogens (tertiary/aromatic N) is 3. The Morgan fingerprint density at radius 2 is 1.60 bits per heavy atom. The normalized spacial score (nSPS) is 27.9. The van der Waals surface area contributed by atoms with Crippen LogP contribution in [0, 0.1) is 52.3 Å². The molecule has 1 heterocycles. The van der Waals surface area contributed by atoms with Gasteiger partial charge < -0.3 is 37.9 Å². The molecule has 1 aromatic heterocycles. The summed E-state index contributed by atoms with van der Waals surface area (Å²) in [6.07, 6.45) is 9.26. The SMILES string of the molecule is COc1ccc2c(CC(=O)C[C@@H](CC(=O)O)C(=O)O[C@@H]3CC[C@@]4(C)[C@H](CC[C@@H]5[C@@H]4CC[C@]4(C)C([C@H](C)CCC(=O)OCCOCCOCCOCCN=[N+]=[N-])CC[C@@H]54)C3)cc(=O)oc2c1. The number of ether oxygens (including phenoxy) is 6. The molecule has 0 aliphatic heterocycles. The Kier molecular flexibility index (Phi) is 17.9. The number of aliphatic carboxylic acids is 1. The number of Topliss-reactive ketones (excluding diaryl/α,β-unsaturated/α-hetero) is 1. The highest BCUT2D eigenvalue weighted by atomic mass is 16.6. The third-order valence-electron chi connectivity index (χ3n) is 15.8. The van der Waals surface area contributed by atoms with Gasteiger partial charge in [-0.15, -0.1) is 0 Å². The van der Waals surface area contributed by atoms with E-state index >= 15 is 0 Å². The van der Waals surface area contributed by atoms with Crippen LogP contribution in [0.3, 0.4) is 0 Å². The summed E-state index contributed by atoms with van der Waals surface area (Å²) in [6.45, 7) is 10.1. The molecule has 65 heavy (non-hydrogen) atoms. The van der Waals surface area contributed by atoms with Gasteiger partial charge in [-0.25, -0.2) is 4.79 Å². The molecule has 1 aromatic carbocycles. The van der Waals surface area contributed by atoms with E-state index in [1.54, 1.807) is 18.2 Å². The lowest BCUT2D eigenvalue weighted by atomic mass is 9.44. The number of hydrogen-bond acceptors (Lipinski definition) is 13. The monoisotopic (exact) mass is 907 g/mol. The summed E-state index contributed by atoms with van der Waals surface area (Å²) >= 11 is 0. The van der Waals surface area contributed by atoms with E-state index in [1.807, 2.05) is 0 Å². The minimum Gasteiger partial charge on any atom is -0.497 e. The predicted molar refractivity (Wildman–Crippen MR) is 239 cm³/mol. The Morgan fingerprint density at radius 1 is 0.892 bits per heavy atom. The summed E-state index contributed by atoms with van der Waals surface area (Å²) in [7, 11) is 1.50. The van der Waals surface area contributed by atoms with Gasteiger partial charge in [-0.05, 0) is 134 Å². The van der Waals surface area contributed by atoms with Gasteiger partial charge in [0, 0.05) is 48.2 Å². The maximum atomic E-state index is 13.6. The molecule has 1 N–H and O–H groups in total. The van der Waals surface area contributed by atoms with E-state index in [2.05, 4.69) is 30.8 Å². The van der Waals surface area contributed by atoms with E-state index in [4.69, 9.17) is 38.4 Å². The highest BCUT2D eigenvalue weighted by Crippen LogP contribution is 2.68. The lowest BCUT2D eigenvalue weighted by Crippen LogP contribution is -2.54. The smallest absolute Gasteiger partial charge is 0.336 e. The second kappa shape index (κ2) is 23.3. The Balaban J connectivity index is 0.934. The number of carboxylic acid groups (broad SMARTS) is 1. The number of rotatable bonds is 25. The fraction of sp³-hybridized carbons (Fsp3) is 0.735. The van der Waals surface area contributed by atoms with Crippen molar-refractivity contribution in [3.63, 3.8) is 0 Å². The van der Waals surface area contributed by atoms with E-state index in [9.17, 15) is 29.1 Å².